The number of aryl methyl sites for hydroxylation is 1. The van der Waals surface area contributed by atoms with E-state index in [0.717, 1.165) is 35.9 Å². The molecule has 0 radical (unpaired) electrons. The predicted molar refractivity (Wildman–Crippen MR) is 207 cm³/mol. The van der Waals surface area contributed by atoms with E-state index in [4.69, 9.17) is 4.74 Å². The van der Waals surface area contributed by atoms with Crippen LogP contribution in [0.3, 0.4) is 0 Å². The molecule has 0 aliphatic carbocycles. The Bertz CT molecular complexity index is 1820. The number of nitrogens with zero attached hydrogens (tertiary/aromatic N) is 4. The Kier molecular flexibility index (Phi) is 16.4. The maximum Gasteiger partial charge on any atom is 0.298 e. The van der Waals surface area contributed by atoms with Gasteiger partial charge in [-0.05, 0) is 61.4 Å². The van der Waals surface area contributed by atoms with Gasteiger partial charge in [0.05, 0.1) is 5.69 Å². The SMILES string of the molecule is CCCCCCCCCCCCCCCCCC(=O)NC1=NN(c2ccc(Oc3ccccc3)c(S(=O)(=O)O)c2)C(=O)C1N=Nc1cc(C)ccc1O. The molecule has 53 heavy (non-hydrogen) atoms. The lowest BCUT2D eigenvalue weighted by atomic mass is 10.0. The van der Waals surface area contributed by atoms with E-state index in [2.05, 4.69) is 27.6 Å². The Morgan fingerprint density at radius 1 is 0.849 bits per heavy atom. The minimum Gasteiger partial charge on any atom is -0.506 e. The summed E-state index contributed by atoms with van der Waals surface area (Å²) in [7, 11) is -4.80. The average molecular weight is 748 g/mol. The van der Waals surface area contributed by atoms with E-state index in [1.807, 2.05) is 6.92 Å². The molecule has 1 aliphatic heterocycles. The molecule has 0 bridgehead atoms. The van der Waals surface area contributed by atoms with Crippen molar-refractivity contribution in [1.29, 1.82) is 0 Å². The van der Waals surface area contributed by atoms with Crippen LogP contribution in [0.25, 0.3) is 0 Å². The van der Waals surface area contributed by atoms with Gasteiger partial charge in [-0.25, -0.2) is 0 Å². The first-order valence-electron chi connectivity index (χ1n) is 18.8. The lowest BCUT2D eigenvalue weighted by molar-refractivity contribution is -0.119. The molecule has 1 heterocycles. The summed E-state index contributed by atoms with van der Waals surface area (Å²) in [6.07, 6.45) is 18.4. The molecule has 0 saturated heterocycles. The van der Waals surface area contributed by atoms with Crippen LogP contribution in [0.5, 0.6) is 17.2 Å². The van der Waals surface area contributed by atoms with Crippen LogP contribution in [0.15, 0.2) is 87.0 Å². The fraction of sp³-hybridized carbons (Fsp3) is 0.475. The number of hydrogen-bond donors (Lipinski definition) is 3. The van der Waals surface area contributed by atoms with E-state index in [1.54, 1.807) is 42.5 Å². The first-order valence-corrected chi connectivity index (χ1v) is 20.3. The quantitative estimate of drug-likeness (QED) is 0.0522. The van der Waals surface area contributed by atoms with Crippen molar-refractivity contribution in [3.63, 3.8) is 0 Å². The number of hydrazone groups is 1. The summed E-state index contributed by atoms with van der Waals surface area (Å²) in [4.78, 5) is 26.2. The fourth-order valence-electron chi connectivity index (χ4n) is 6.05. The Morgan fingerprint density at radius 3 is 2.06 bits per heavy atom. The lowest BCUT2D eigenvalue weighted by Crippen LogP contribution is -2.39. The molecular formula is C40H53N5O7S. The van der Waals surface area contributed by atoms with E-state index in [9.17, 15) is 27.7 Å². The number of amides is 2. The largest absolute Gasteiger partial charge is 0.506 e. The van der Waals surface area contributed by atoms with E-state index < -0.39 is 27.0 Å². The number of phenols is 1. The van der Waals surface area contributed by atoms with Gasteiger partial charge in [-0.3, -0.25) is 14.1 Å². The molecule has 0 spiro atoms. The van der Waals surface area contributed by atoms with Crippen molar-refractivity contribution in [3.8, 4) is 17.2 Å². The van der Waals surface area contributed by atoms with Gasteiger partial charge in [0.15, 0.2) is 5.84 Å². The molecule has 13 heteroatoms. The molecular weight excluding hydrogens is 695 g/mol. The monoisotopic (exact) mass is 747 g/mol. The van der Waals surface area contributed by atoms with Gasteiger partial charge in [-0.15, -0.1) is 5.10 Å². The molecule has 286 valence electrons. The van der Waals surface area contributed by atoms with Crippen LogP contribution in [0.4, 0.5) is 11.4 Å². The normalized spacial score (nSPS) is 14.5. The Labute approximate surface area is 313 Å². The highest BCUT2D eigenvalue weighted by molar-refractivity contribution is 7.86. The Hall–Kier alpha value is -4.62. The summed E-state index contributed by atoms with van der Waals surface area (Å²) in [5.41, 5.74) is 0.904. The molecule has 2 amide bonds. The highest BCUT2D eigenvalue weighted by Crippen LogP contribution is 2.34. The third-order valence-electron chi connectivity index (χ3n) is 9.02. The molecule has 3 N–H and O–H groups in total. The number of carbonyl (C=O) groups excluding carboxylic acids is 2. The minimum atomic E-state index is -4.80. The van der Waals surface area contributed by atoms with Crippen LogP contribution in [-0.2, 0) is 19.7 Å². The second-order valence-electron chi connectivity index (χ2n) is 13.5. The number of phenolic OH excluding ortho intramolecular Hbond substituents is 1. The van der Waals surface area contributed by atoms with Gasteiger partial charge in [-0.2, -0.15) is 23.7 Å². The molecule has 4 rings (SSSR count). The molecule has 3 aromatic carbocycles. The van der Waals surface area contributed by atoms with Crippen LogP contribution >= 0.6 is 0 Å². The van der Waals surface area contributed by atoms with Gasteiger partial charge in [0.1, 0.15) is 27.8 Å². The van der Waals surface area contributed by atoms with Gasteiger partial charge in [0.25, 0.3) is 16.0 Å². The van der Waals surface area contributed by atoms with Gasteiger partial charge < -0.3 is 15.2 Å². The number of anilines is 1. The predicted octanol–water partition coefficient (Wildman–Crippen LogP) is 9.93. The number of amidine groups is 1. The first-order chi connectivity index (χ1) is 25.6. The maximum atomic E-state index is 13.7. The van der Waals surface area contributed by atoms with Gasteiger partial charge in [0, 0.05) is 6.42 Å². The number of ether oxygens (including phenoxy) is 1. The smallest absolute Gasteiger partial charge is 0.298 e. The van der Waals surface area contributed by atoms with Crippen molar-refractivity contribution in [2.45, 2.75) is 128 Å². The summed E-state index contributed by atoms with van der Waals surface area (Å²) in [5, 5.41) is 26.4. The molecule has 0 aromatic heterocycles. The van der Waals surface area contributed by atoms with E-state index in [1.165, 1.54) is 88.8 Å². The number of para-hydroxylation sites is 1. The summed E-state index contributed by atoms with van der Waals surface area (Å²) in [6, 6.07) is 15.5. The number of hydrogen-bond acceptors (Lipinski definition) is 9. The number of aromatic hydroxyl groups is 1. The number of nitrogens with one attached hydrogen (secondary N) is 1. The first kappa shape index (κ1) is 41.1. The fourth-order valence-corrected chi connectivity index (χ4v) is 6.69. The van der Waals surface area contributed by atoms with Gasteiger partial charge >= 0.3 is 0 Å². The van der Waals surface area contributed by atoms with Crippen LogP contribution in [-0.4, -0.2) is 41.8 Å². The molecule has 3 aromatic rings. The zero-order chi connectivity index (χ0) is 38.1. The van der Waals surface area contributed by atoms with Gasteiger partial charge in [-0.1, -0.05) is 121 Å². The number of rotatable bonds is 22. The highest BCUT2D eigenvalue weighted by Gasteiger charge is 2.39. The molecule has 12 nitrogen and oxygen atoms in total. The second-order valence-corrected chi connectivity index (χ2v) is 14.9. The highest BCUT2D eigenvalue weighted by atomic mass is 32.2. The van der Waals surface area contributed by atoms with Crippen LogP contribution in [0.1, 0.15) is 115 Å². The Morgan fingerprint density at radius 2 is 1.45 bits per heavy atom. The van der Waals surface area contributed by atoms with Crippen molar-refractivity contribution in [2.75, 3.05) is 5.01 Å². The summed E-state index contributed by atoms with van der Waals surface area (Å²) in [5.74, 6) is -1.17. The zero-order valence-electron chi connectivity index (χ0n) is 30.9. The summed E-state index contributed by atoms with van der Waals surface area (Å²) < 4.78 is 40.5. The Balaban J connectivity index is 1.36. The number of benzene rings is 3. The zero-order valence-corrected chi connectivity index (χ0v) is 31.7. The van der Waals surface area contributed by atoms with Gasteiger partial charge in [0.2, 0.25) is 11.9 Å². The third kappa shape index (κ3) is 13.4. The van der Waals surface area contributed by atoms with E-state index >= 15 is 0 Å². The van der Waals surface area contributed by atoms with E-state index in [-0.39, 0.29) is 41.0 Å². The van der Waals surface area contributed by atoms with Crippen LogP contribution < -0.4 is 15.1 Å². The van der Waals surface area contributed by atoms with Crippen LogP contribution in [0.2, 0.25) is 0 Å². The second kappa shape index (κ2) is 21.2. The maximum absolute atomic E-state index is 13.7. The number of unbranched alkanes of at least 4 members (excludes halogenated alkanes) is 14. The lowest BCUT2D eigenvalue weighted by Gasteiger charge is -2.15. The van der Waals surface area contributed by atoms with Crippen molar-refractivity contribution < 1.29 is 32.4 Å². The number of carbonyl (C=O) groups is 2. The van der Waals surface area contributed by atoms with Crippen LogP contribution in [0, 0.1) is 6.92 Å². The van der Waals surface area contributed by atoms with Crippen molar-refractivity contribution in [3.05, 3.63) is 72.3 Å². The van der Waals surface area contributed by atoms with Crippen molar-refractivity contribution in [1.82, 2.24) is 5.32 Å². The third-order valence-corrected chi connectivity index (χ3v) is 9.89. The standard InChI is InChI=1S/C40H53N5O7S/c1-3-4-5-6-7-8-9-10-11-12-13-14-15-16-20-23-37(47)41-39-38(43-42-33-28-30(2)24-26-34(33)46)40(48)45(44-39)31-25-27-35(36(29-31)53(49,50)51)52-32-21-18-17-19-22-32/h17-19,21-22,24-29,38,46H,3-16,20,23H2,1-2H3,(H,41,44,47)(H,49,50,51). The van der Waals surface area contributed by atoms with Crippen molar-refractivity contribution in [2.24, 2.45) is 15.3 Å². The average Bonchev–Trinajstić information content (AvgIpc) is 3.44. The van der Waals surface area contributed by atoms with Crippen molar-refractivity contribution >= 4 is 39.1 Å². The molecule has 0 saturated carbocycles. The summed E-state index contributed by atoms with van der Waals surface area (Å²) >= 11 is 0. The topological polar surface area (TPSA) is 170 Å². The van der Waals surface area contributed by atoms with E-state index in [0.29, 0.717) is 12.2 Å². The molecule has 1 unspecified atom stereocenters. The summed E-state index contributed by atoms with van der Waals surface area (Å²) in [6.45, 7) is 4.05. The molecule has 0 fully saturated rings. The molecule has 1 atom stereocenters. The number of azo groups is 1. The minimum absolute atomic E-state index is 0.0201. The molecule has 1 aliphatic rings.